The number of aromatic hydroxyl groups is 1. The first-order valence-electron chi connectivity index (χ1n) is 21.3. The fraction of sp³-hybridized carbons (Fsp3) is 0.158. The summed E-state index contributed by atoms with van der Waals surface area (Å²) in [6.45, 7) is 15.6. The Morgan fingerprint density at radius 3 is 1.97 bits per heavy atom. The predicted octanol–water partition coefficient (Wildman–Crippen LogP) is 15.0. The molecule has 0 fully saturated rings. The molecule has 0 radical (unpaired) electrons. The molecule has 1 N–H and O–H groups in total. The maximum atomic E-state index is 12.2. The van der Waals surface area contributed by atoms with Gasteiger partial charge < -0.3 is 13.9 Å². The SMILES string of the molecule is Cc1cccc(-c2cccc(-c3cc(-c4cc(C(C)(C)C)cc(C(C)(C)C)c4)cc(-c4[c-]c(-c5nc6ccccn6c5-c5ccccc5)cc5c4oc4ccccc45)n3)c2O)c1.[Pt]. The molecule has 0 saturated carbocycles. The second-order valence-electron chi connectivity index (χ2n) is 18.5. The summed E-state index contributed by atoms with van der Waals surface area (Å²) < 4.78 is 8.93. The molecule has 0 spiro atoms. The molecule has 10 rings (SSSR count). The molecule has 0 saturated heterocycles. The molecule has 0 aliphatic rings. The van der Waals surface area contributed by atoms with Gasteiger partial charge in [0.25, 0.3) is 0 Å². The fourth-order valence-corrected chi connectivity index (χ4v) is 8.55. The van der Waals surface area contributed by atoms with Gasteiger partial charge in [0.2, 0.25) is 0 Å². The van der Waals surface area contributed by atoms with Gasteiger partial charge in [-0.1, -0.05) is 173 Å². The number of fused-ring (bicyclic) bond motifs is 4. The number of para-hydroxylation sites is 2. The Morgan fingerprint density at radius 2 is 1.22 bits per heavy atom. The second kappa shape index (κ2) is 16.0. The molecule has 63 heavy (non-hydrogen) atoms. The molecular weight excluding hydrogens is 954 g/mol. The van der Waals surface area contributed by atoms with Crippen molar-refractivity contribution in [1.82, 2.24) is 14.4 Å². The van der Waals surface area contributed by atoms with Crippen LogP contribution in [0, 0.1) is 13.0 Å². The van der Waals surface area contributed by atoms with E-state index in [1.54, 1.807) is 0 Å². The minimum absolute atomic E-state index is 0. The van der Waals surface area contributed by atoms with Crippen LogP contribution in [0.25, 0.3) is 94.9 Å². The predicted molar refractivity (Wildman–Crippen MR) is 256 cm³/mol. The van der Waals surface area contributed by atoms with Crippen LogP contribution in [0.4, 0.5) is 0 Å². The van der Waals surface area contributed by atoms with Crippen molar-refractivity contribution >= 4 is 27.6 Å². The van der Waals surface area contributed by atoms with E-state index in [-0.39, 0.29) is 37.6 Å². The van der Waals surface area contributed by atoms with Crippen LogP contribution in [-0.2, 0) is 31.9 Å². The summed E-state index contributed by atoms with van der Waals surface area (Å²) in [5.41, 5.74) is 15.8. The van der Waals surface area contributed by atoms with Gasteiger partial charge in [-0.15, -0.1) is 12.1 Å². The summed E-state index contributed by atoms with van der Waals surface area (Å²) >= 11 is 0. The first-order chi connectivity index (χ1) is 29.8. The summed E-state index contributed by atoms with van der Waals surface area (Å²) in [5.74, 6) is 0.177. The van der Waals surface area contributed by atoms with Gasteiger partial charge in [0.1, 0.15) is 17.0 Å². The molecule has 6 heteroatoms. The molecule has 314 valence electrons. The standard InChI is InChI=1S/C57H48N3O2.Pt/c1-35-17-15-20-37(27-35)43-22-16-23-45(54(43)61)48-32-39(38-28-41(56(2,3)4)34-42(29-38)57(5,6)7)33-49(58-48)47-31-40(30-46-44-21-11-12-24-50(44)62-55(46)47)52-53(36-18-9-8-10-19-36)60-26-14-13-25-51(60)59-52;/h8-30,32-34,61H,1-7H3;/q-1;. The summed E-state index contributed by atoms with van der Waals surface area (Å²) in [4.78, 5) is 10.7. The molecule has 6 aromatic carbocycles. The van der Waals surface area contributed by atoms with Crippen molar-refractivity contribution in [3.05, 3.63) is 181 Å². The van der Waals surface area contributed by atoms with Gasteiger partial charge in [-0.25, -0.2) is 0 Å². The van der Waals surface area contributed by atoms with E-state index in [0.29, 0.717) is 28.1 Å². The third kappa shape index (κ3) is 7.70. The summed E-state index contributed by atoms with van der Waals surface area (Å²) in [6.07, 6.45) is 2.06. The topological polar surface area (TPSA) is 63.6 Å². The zero-order chi connectivity index (χ0) is 42.9. The number of rotatable bonds is 6. The third-order valence-corrected chi connectivity index (χ3v) is 12.0. The maximum Gasteiger partial charge on any atom is 0.132 e. The smallest absolute Gasteiger partial charge is 0.132 e. The second-order valence-corrected chi connectivity index (χ2v) is 18.5. The van der Waals surface area contributed by atoms with Crippen LogP contribution >= 0.6 is 0 Å². The van der Waals surface area contributed by atoms with E-state index in [4.69, 9.17) is 14.4 Å². The number of phenolic OH excluding ortho intramolecular Hbond substituents is 1. The van der Waals surface area contributed by atoms with Gasteiger partial charge in [0.05, 0.1) is 11.3 Å². The first kappa shape index (κ1) is 41.8. The number of furan rings is 1. The van der Waals surface area contributed by atoms with E-state index in [1.165, 1.54) is 11.1 Å². The number of pyridine rings is 2. The van der Waals surface area contributed by atoms with Crippen LogP contribution in [0.5, 0.6) is 5.75 Å². The van der Waals surface area contributed by atoms with Gasteiger partial charge in [-0.3, -0.25) is 9.97 Å². The van der Waals surface area contributed by atoms with E-state index in [2.05, 4.69) is 144 Å². The van der Waals surface area contributed by atoms with Gasteiger partial charge >= 0.3 is 0 Å². The van der Waals surface area contributed by atoms with Crippen molar-refractivity contribution in [3.63, 3.8) is 0 Å². The Morgan fingerprint density at radius 1 is 0.571 bits per heavy atom. The van der Waals surface area contributed by atoms with Crippen molar-refractivity contribution in [3.8, 4) is 73.0 Å². The van der Waals surface area contributed by atoms with E-state index in [0.717, 1.165) is 72.3 Å². The Balaban J connectivity index is 0.00000504. The molecule has 4 heterocycles. The summed E-state index contributed by atoms with van der Waals surface area (Å²) in [5, 5.41) is 14.1. The van der Waals surface area contributed by atoms with Crippen molar-refractivity contribution in [2.75, 3.05) is 0 Å². The number of hydrogen-bond acceptors (Lipinski definition) is 4. The average Bonchev–Trinajstić information content (AvgIpc) is 3.85. The molecule has 5 nitrogen and oxygen atoms in total. The van der Waals surface area contributed by atoms with Gasteiger partial charge in [-0.05, 0) is 86.9 Å². The quantitative estimate of drug-likeness (QED) is 0.169. The van der Waals surface area contributed by atoms with Gasteiger partial charge in [0, 0.05) is 60.9 Å². The maximum absolute atomic E-state index is 12.2. The molecule has 0 atom stereocenters. The number of imidazole rings is 1. The van der Waals surface area contributed by atoms with Crippen LogP contribution in [0.15, 0.2) is 162 Å². The van der Waals surface area contributed by atoms with Crippen LogP contribution in [0.3, 0.4) is 0 Å². The Labute approximate surface area is 383 Å². The molecule has 0 unspecified atom stereocenters. The molecule has 0 amide bonds. The third-order valence-electron chi connectivity index (χ3n) is 12.0. The zero-order valence-electron chi connectivity index (χ0n) is 36.5. The first-order valence-corrected chi connectivity index (χ1v) is 21.3. The number of aryl methyl sites for hydroxylation is 1. The van der Waals surface area contributed by atoms with Gasteiger partial charge in [0.15, 0.2) is 0 Å². The minimum atomic E-state index is -0.0950. The normalized spacial score (nSPS) is 12.0. The van der Waals surface area contributed by atoms with Crippen molar-refractivity contribution in [2.45, 2.75) is 59.3 Å². The number of nitrogens with zero attached hydrogens (tertiary/aromatic N) is 3. The average molecular weight is 1000 g/mol. The Hall–Kier alpha value is -6.55. The van der Waals surface area contributed by atoms with Crippen molar-refractivity contribution in [2.24, 2.45) is 0 Å². The number of aromatic nitrogens is 3. The van der Waals surface area contributed by atoms with Crippen LogP contribution in [0.2, 0.25) is 0 Å². The van der Waals surface area contributed by atoms with E-state index < -0.39 is 0 Å². The van der Waals surface area contributed by atoms with E-state index in [1.807, 2.05) is 72.8 Å². The van der Waals surface area contributed by atoms with E-state index >= 15 is 0 Å². The molecule has 0 bridgehead atoms. The number of benzene rings is 6. The zero-order valence-corrected chi connectivity index (χ0v) is 38.8. The van der Waals surface area contributed by atoms with E-state index in [9.17, 15) is 5.11 Å². The summed E-state index contributed by atoms with van der Waals surface area (Å²) in [7, 11) is 0. The van der Waals surface area contributed by atoms with Crippen molar-refractivity contribution in [1.29, 1.82) is 0 Å². The van der Waals surface area contributed by atoms with Crippen LogP contribution in [-0.4, -0.2) is 19.5 Å². The minimum Gasteiger partial charge on any atom is -0.507 e. The monoisotopic (exact) mass is 1000 g/mol. The molecule has 10 aromatic rings. The summed E-state index contributed by atoms with van der Waals surface area (Å²) in [6, 6.07) is 56.0. The van der Waals surface area contributed by atoms with Crippen LogP contribution in [0.1, 0.15) is 58.2 Å². The van der Waals surface area contributed by atoms with Crippen molar-refractivity contribution < 1.29 is 30.6 Å². The molecule has 4 aromatic heterocycles. The largest absolute Gasteiger partial charge is 0.507 e. The molecule has 0 aliphatic carbocycles. The van der Waals surface area contributed by atoms with Crippen LogP contribution < -0.4 is 0 Å². The fourth-order valence-electron chi connectivity index (χ4n) is 8.55. The molecule has 0 aliphatic heterocycles. The Kier molecular flexibility index (Phi) is 10.6. The molecular formula is C57H48N3O2Pt-. The Bertz CT molecular complexity index is 3310. The number of hydrogen-bond donors (Lipinski definition) is 1. The van der Waals surface area contributed by atoms with Gasteiger partial charge in [-0.2, -0.15) is 0 Å². The number of phenols is 1.